The number of Topliss-reactive ketones (excluding diaryl/α,β-unsaturated/α-hetero) is 1. The highest BCUT2D eigenvalue weighted by Crippen LogP contribution is 2.40. The Morgan fingerprint density at radius 2 is 2.13 bits per heavy atom. The highest BCUT2D eigenvalue weighted by molar-refractivity contribution is 5.82. The highest BCUT2D eigenvalue weighted by Gasteiger charge is 2.37. The number of hydrogen-bond donors (Lipinski definition) is 0. The normalized spacial score (nSPS) is 25.9. The summed E-state index contributed by atoms with van der Waals surface area (Å²) in [6.07, 6.45) is 1.84. The summed E-state index contributed by atoms with van der Waals surface area (Å²) in [6.45, 7) is 3.93. The van der Waals surface area contributed by atoms with E-state index in [1.54, 1.807) is 6.07 Å². The van der Waals surface area contributed by atoms with Crippen molar-refractivity contribution < 1.29 is 9.18 Å². The Bertz CT molecular complexity index is 411. The van der Waals surface area contributed by atoms with Crippen molar-refractivity contribution in [3.63, 3.8) is 0 Å². The van der Waals surface area contributed by atoms with Crippen LogP contribution in [0.1, 0.15) is 37.3 Å². The monoisotopic (exact) mass is 206 g/mol. The summed E-state index contributed by atoms with van der Waals surface area (Å²) in [5, 5.41) is 0. The van der Waals surface area contributed by atoms with Gasteiger partial charge in [0.15, 0.2) is 0 Å². The third-order valence-electron chi connectivity index (χ3n) is 3.32. The Morgan fingerprint density at radius 1 is 1.40 bits per heavy atom. The van der Waals surface area contributed by atoms with Gasteiger partial charge >= 0.3 is 0 Å². The number of benzene rings is 1. The summed E-state index contributed by atoms with van der Waals surface area (Å²) in [5.74, 6) is 0.0659. The largest absolute Gasteiger partial charge is 0.300 e. The van der Waals surface area contributed by atoms with Gasteiger partial charge in [0.05, 0.1) is 0 Å². The van der Waals surface area contributed by atoms with Crippen LogP contribution >= 0.6 is 0 Å². The first-order valence-electron chi connectivity index (χ1n) is 5.30. The maximum atomic E-state index is 13.7. The minimum absolute atomic E-state index is 0.183. The molecule has 1 unspecified atom stereocenters. The van der Waals surface area contributed by atoms with Gasteiger partial charge in [0.2, 0.25) is 0 Å². The zero-order chi connectivity index (χ0) is 11.1. The van der Waals surface area contributed by atoms with E-state index in [0.717, 1.165) is 12.0 Å². The second-order valence-corrected chi connectivity index (χ2v) is 4.76. The lowest BCUT2D eigenvalue weighted by molar-refractivity contribution is -0.117. The van der Waals surface area contributed by atoms with E-state index in [4.69, 9.17) is 0 Å². The van der Waals surface area contributed by atoms with Gasteiger partial charge in [-0.2, -0.15) is 0 Å². The molecule has 1 fully saturated rings. The molecule has 0 bridgehead atoms. The first-order chi connectivity index (χ1) is 7.01. The Labute approximate surface area is 89.3 Å². The summed E-state index contributed by atoms with van der Waals surface area (Å²) < 4.78 is 13.7. The van der Waals surface area contributed by atoms with Crippen LogP contribution in [-0.4, -0.2) is 5.78 Å². The number of rotatable bonds is 1. The fourth-order valence-corrected chi connectivity index (χ4v) is 2.36. The number of carbonyl (C=O) groups is 1. The number of carbonyl (C=O) groups excluding carboxylic acids is 1. The molecule has 80 valence electrons. The third-order valence-corrected chi connectivity index (χ3v) is 3.32. The molecular formula is C13H15FO. The maximum Gasteiger partial charge on any atom is 0.133 e. The Hall–Kier alpha value is -1.18. The van der Waals surface area contributed by atoms with Gasteiger partial charge in [-0.05, 0) is 25.0 Å². The summed E-state index contributed by atoms with van der Waals surface area (Å²) in [5.41, 5.74) is 1.47. The van der Waals surface area contributed by atoms with Crippen LogP contribution in [0.3, 0.4) is 0 Å². The van der Waals surface area contributed by atoms with E-state index in [1.165, 1.54) is 6.07 Å². The maximum absolute atomic E-state index is 13.7. The van der Waals surface area contributed by atoms with Crippen LogP contribution in [0.2, 0.25) is 0 Å². The van der Waals surface area contributed by atoms with Crippen LogP contribution in [0.4, 0.5) is 4.39 Å². The first kappa shape index (κ1) is 10.3. The van der Waals surface area contributed by atoms with Gasteiger partial charge in [0.1, 0.15) is 11.6 Å². The van der Waals surface area contributed by atoms with Gasteiger partial charge in [0.25, 0.3) is 0 Å². The smallest absolute Gasteiger partial charge is 0.133 e. The quantitative estimate of drug-likeness (QED) is 0.689. The lowest BCUT2D eigenvalue weighted by Gasteiger charge is -2.24. The van der Waals surface area contributed by atoms with Crippen molar-refractivity contribution in [2.45, 2.75) is 38.5 Å². The number of aryl methyl sites for hydroxylation is 1. The van der Waals surface area contributed by atoms with E-state index in [-0.39, 0.29) is 17.0 Å². The molecule has 1 atom stereocenters. The van der Waals surface area contributed by atoms with Crippen LogP contribution < -0.4 is 0 Å². The molecule has 0 aliphatic heterocycles. The van der Waals surface area contributed by atoms with Gasteiger partial charge in [-0.25, -0.2) is 4.39 Å². The van der Waals surface area contributed by atoms with Gasteiger partial charge < -0.3 is 0 Å². The summed E-state index contributed by atoms with van der Waals surface area (Å²) in [4.78, 5) is 11.3. The van der Waals surface area contributed by atoms with E-state index in [1.807, 2.05) is 19.9 Å². The van der Waals surface area contributed by atoms with Crippen LogP contribution in [0, 0.1) is 12.7 Å². The first-order valence-corrected chi connectivity index (χ1v) is 5.30. The molecule has 0 spiro atoms. The molecule has 1 saturated carbocycles. The molecule has 0 N–H and O–H groups in total. The van der Waals surface area contributed by atoms with E-state index in [2.05, 4.69) is 0 Å². The van der Waals surface area contributed by atoms with Crippen LogP contribution in [0.25, 0.3) is 0 Å². The summed E-state index contributed by atoms with van der Waals surface area (Å²) >= 11 is 0. The fraction of sp³-hybridized carbons (Fsp3) is 0.462. The molecule has 1 nitrogen and oxygen atoms in total. The Kier molecular flexibility index (Phi) is 2.37. The third kappa shape index (κ3) is 1.81. The molecule has 1 aromatic carbocycles. The highest BCUT2D eigenvalue weighted by atomic mass is 19.1. The van der Waals surface area contributed by atoms with Gasteiger partial charge in [-0.1, -0.05) is 24.6 Å². The molecule has 2 heteroatoms. The number of ketones is 1. The second kappa shape index (κ2) is 3.44. The molecule has 0 aromatic heterocycles. The summed E-state index contributed by atoms with van der Waals surface area (Å²) in [7, 11) is 0. The van der Waals surface area contributed by atoms with Crippen molar-refractivity contribution in [2.75, 3.05) is 0 Å². The van der Waals surface area contributed by atoms with Crippen molar-refractivity contribution in [3.8, 4) is 0 Å². The minimum atomic E-state index is -0.285. The topological polar surface area (TPSA) is 17.1 Å². The molecule has 1 aromatic rings. The van der Waals surface area contributed by atoms with E-state index in [0.29, 0.717) is 18.4 Å². The molecule has 0 amide bonds. The number of halogens is 1. The van der Waals surface area contributed by atoms with Gasteiger partial charge in [-0.3, -0.25) is 4.79 Å². The molecule has 1 aliphatic rings. The van der Waals surface area contributed by atoms with Crippen molar-refractivity contribution in [1.82, 2.24) is 0 Å². The van der Waals surface area contributed by atoms with E-state index in [9.17, 15) is 9.18 Å². The Morgan fingerprint density at radius 3 is 2.73 bits per heavy atom. The van der Waals surface area contributed by atoms with Crippen LogP contribution in [-0.2, 0) is 10.2 Å². The van der Waals surface area contributed by atoms with E-state index < -0.39 is 0 Å². The molecule has 0 heterocycles. The standard InChI is InChI=1S/C13H15FO/c1-9-3-4-12(14)11(7-9)13(2)6-5-10(15)8-13/h3-4,7H,5-6,8H2,1-2H3. The fourth-order valence-electron chi connectivity index (χ4n) is 2.36. The molecule has 1 aliphatic carbocycles. The predicted molar refractivity (Wildman–Crippen MR) is 57.3 cm³/mol. The Balaban J connectivity index is 2.44. The van der Waals surface area contributed by atoms with Crippen LogP contribution in [0.15, 0.2) is 18.2 Å². The van der Waals surface area contributed by atoms with Crippen LogP contribution in [0.5, 0.6) is 0 Å². The lowest BCUT2D eigenvalue weighted by atomic mass is 9.80. The lowest BCUT2D eigenvalue weighted by Crippen LogP contribution is -2.19. The predicted octanol–water partition coefficient (Wildman–Crippen LogP) is 3.14. The SMILES string of the molecule is Cc1ccc(F)c(C2(C)CCC(=O)C2)c1. The molecule has 0 saturated heterocycles. The van der Waals surface area contributed by atoms with Crippen molar-refractivity contribution >= 4 is 5.78 Å². The average molecular weight is 206 g/mol. The van der Waals surface area contributed by atoms with Crippen molar-refractivity contribution in [1.29, 1.82) is 0 Å². The van der Waals surface area contributed by atoms with Gasteiger partial charge in [-0.15, -0.1) is 0 Å². The minimum Gasteiger partial charge on any atom is -0.300 e. The number of hydrogen-bond acceptors (Lipinski definition) is 1. The average Bonchev–Trinajstić information content (AvgIpc) is 2.52. The summed E-state index contributed by atoms with van der Waals surface area (Å²) in [6, 6.07) is 5.13. The zero-order valence-corrected chi connectivity index (χ0v) is 9.14. The van der Waals surface area contributed by atoms with Crippen molar-refractivity contribution in [3.05, 3.63) is 35.1 Å². The second-order valence-electron chi connectivity index (χ2n) is 4.76. The van der Waals surface area contributed by atoms with E-state index >= 15 is 0 Å². The zero-order valence-electron chi connectivity index (χ0n) is 9.14. The van der Waals surface area contributed by atoms with Gasteiger partial charge in [0, 0.05) is 18.3 Å². The molecular weight excluding hydrogens is 191 g/mol. The molecule has 15 heavy (non-hydrogen) atoms. The molecule has 0 radical (unpaired) electrons. The van der Waals surface area contributed by atoms with Crippen molar-refractivity contribution in [2.24, 2.45) is 0 Å². The molecule has 2 rings (SSSR count).